The van der Waals surface area contributed by atoms with E-state index in [4.69, 9.17) is 0 Å². The van der Waals surface area contributed by atoms with Crippen molar-refractivity contribution in [2.75, 3.05) is 13.1 Å². The Morgan fingerprint density at radius 3 is 2.13 bits per heavy atom. The SMILES string of the molecule is C=C(/C=C\C(=C)N(CC)CC)C(=C(C)C)c1ccc(/C=C/c2ccc(CC)cc2)s1. The summed E-state index contributed by atoms with van der Waals surface area (Å²) < 4.78 is 0. The van der Waals surface area contributed by atoms with E-state index < -0.39 is 0 Å². The number of hydrogen-bond acceptors (Lipinski definition) is 2. The Labute approximate surface area is 187 Å². The lowest BCUT2D eigenvalue weighted by Gasteiger charge is -2.21. The Balaban J connectivity index is 2.16. The molecule has 0 spiro atoms. The first-order valence-corrected chi connectivity index (χ1v) is 11.6. The standard InChI is InChI=1S/C28H35NS/c1-8-24-13-15-25(16-14-24)17-18-26-19-20-27(30-26)28(21(4)5)22(6)11-12-23(7)29(9-2)10-3/h11-20H,6-10H2,1-5H3/b12-11-,18-17+. The van der Waals surface area contributed by atoms with Gasteiger partial charge in [0, 0.05) is 28.5 Å². The van der Waals surface area contributed by atoms with Crippen LogP contribution in [-0.4, -0.2) is 18.0 Å². The molecular weight excluding hydrogens is 382 g/mol. The molecule has 0 fully saturated rings. The molecule has 0 aliphatic heterocycles. The third kappa shape index (κ3) is 6.47. The minimum atomic E-state index is 0.962. The lowest BCUT2D eigenvalue weighted by atomic mass is 10.0. The van der Waals surface area contributed by atoms with Crippen LogP contribution in [0.25, 0.3) is 17.7 Å². The Morgan fingerprint density at radius 1 is 0.900 bits per heavy atom. The number of benzene rings is 1. The van der Waals surface area contributed by atoms with Gasteiger partial charge in [0.25, 0.3) is 0 Å². The van der Waals surface area contributed by atoms with E-state index in [9.17, 15) is 0 Å². The summed E-state index contributed by atoms with van der Waals surface area (Å²) in [6.07, 6.45) is 9.61. The second kappa shape index (κ2) is 11.6. The average molecular weight is 418 g/mol. The van der Waals surface area contributed by atoms with Gasteiger partial charge in [-0.25, -0.2) is 0 Å². The molecular formula is C28H35NS. The molecule has 0 atom stereocenters. The third-order valence-electron chi connectivity index (χ3n) is 5.17. The normalized spacial score (nSPS) is 11.2. The molecule has 30 heavy (non-hydrogen) atoms. The van der Waals surface area contributed by atoms with Crippen molar-refractivity contribution in [3.05, 3.63) is 99.4 Å². The first-order chi connectivity index (χ1) is 14.4. The number of likely N-dealkylation sites (N-methyl/N-ethyl adjacent to an activating group) is 1. The molecule has 0 bridgehead atoms. The van der Waals surface area contributed by atoms with Crippen molar-refractivity contribution in [3.8, 4) is 0 Å². The van der Waals surface area contributed by atoms with Crippen molar-refractivity contribution in [1.82, 2.24) is 4.90 Å². The molecule has 0 aliphatic carbocycles. The molecule has 0 saturated heterocycles. The lowest BCUT2D eigenvalue weighted by Crippen LogP contribution is -2.20. The Kier molecular flexibility index (Phi) is 9.14. The molecule has 0 aliphatic rings. The van der Waals surface area contributed by atoms with E-state index in [-0.39, 0.29) is 0 Å². The van der Waals surface area contributed by atoms with Crippen molar-refractivity contribution in [2.45, 2.75) is 41.0 Å². The van der Waals surface area contributed by atoms with Crippen LogP contribution in [0.3, 0.4) is 0 Å². The molecule has 1 heterocycles. The van der Waals surface area contributed by atoms with Crippen LogP contribution in [0.4, 0.5) is 0 Å². The Bertz CT molecular complexity index is 943. The van der Waals surface area contributed by atoms with E-state index in [0.29, 0.717) is 0 Å². The number of rotatable bonds is 10. The largest absolute Gasteiger partial charge is 0.373 e. The molecule has 0 unspecified atom stereocenters. The van der Waals surface area contributed by atoms with Crippen LogP contribution in [0.15, 0.2) is 78.6 Å². The highest BCUT2D eigenvalue weighted by atomic mass is 32.1. The number of nitrogens with zero attached hydrogens (tertiary/aromatic N) is 1. The second-order valence-corrected chi connectivity index (χ2v) is 8.64. The summed E-state index contributed by atoms with van der Waals surface area (Å²) >= 11 is 1.80. The number of aryl methyl sites for hydroxylation is 1. The van der Waals surface area contributed by atoms with E-state index in [1.165, 1.54) is 32.0 Å². The van der Waals surface area contributed by atoms with Gasteiger partial charge in [-0.2, -0.15) is 0 Å². The van der Waals surface area contributed by atoms with Gasteiger partial charge in [-0.3, -0.25) is 0 Å². The zero-order valence-corrected chi connectivity index (χ0v) is 20.0. The van der Waals surface area contributed by atoms with Crippen molar-refractivity contribution in [3.63, 3.8) is 0 Å². The van der Waals surface area contributed by atoms with Gasteiger partial charge in [0.15, 0.2) is 0 Å². The van der Waals surface area contributed by atoms with Crippen LogP contribution in [-0.2, 0) is 6.42 Å². The van der Waals surface area contributed by atoms with E-state index >= 15 is 0 Å². The van der Waals surface area contributed by atoms with Crippen molar-refractivity contribution < 1.29 is 0 Å². The van der Waals surface area contributed by atoms with Crippen LogP contribution in [0.5, 0.6) is 0 Å². The van der Waals surface area contributed by atoms with Gasteiger partial charge in [-0.1, -0.05) is 62.1 Å². The first kappa shape index (κ1) is 23.7. The van der Waals surface area contributed by atoms with Crippen LogP contribution in [0.1, 0.15) is 55.5 Å². The average Bonchev–Trinajstić information content (AvgIpc) is 3.20. The zero-order chi connectivity index (χ0) is 22.1. The highest BCUT2D eigenvalue weighted by molar-refractivity contribution is 7.14. The molecule has 1 aromatic carbocycles. The van der Waals surface area contributed by atoms with Crippen LogP contribution in [0, 0.1) is 0 Å². The van der Waals surface area contributed by atoms with E-state index in [2.05, 4.69) is 113 Å². The van der Waals surface area contributed by atoms with Gasteiger partial charge < -0.3 is 4.90 Å². The van der Waals surface area contributed by atoms with Crippen LogP contribution in [0.2, 0.25) is 0 Å². The predicted molar refractivity (Wildman–Crippen MR) is 138 cm³/mol. The van der Waals surface area contributed by atoms with E-state index in [1.807, 2.05) is 0 Å². The molecule has 0 N–H and O–H groups in total. The summed E-state index contributed by atoms with van der Waals surface area (Å²) in [6, 6.07) is 13.1. The Morgan fingerprint density at radius 2 is 1.57 bits per heavy atom. The first-order valence-electron chi connectivity index (χ1n) is 10.7. The summed E-state index contributed by atoms with van der Waals surface area (Å²) in [5.41, 5.74) is 7.14. The monoisotopic (exact) mass is 417 g/mol. The zero-order valence-electron chi connectivity index (χ0n) is 19.2. The summed E-state index contributed by atoms with van der Waals surface area (Å²) in [5.74, 6) is 0. The van der Waals surface area contributed by atoms with Crippen molar-refractivity contribution in [1.29, 1.82) is 0 Å². The molecule has 1 aromatic heterocycles. The summed E-state index contributed by atoms with van der Waals surface area (Å²) in [7, 11) is 0. The third-order valence-corrected chi connectivity index (χ3v) is 6.24. The molecule has 158 valence electrons. The molecule has 0 amide bonds. The summed E-state index contributed by atoms with van der Waals surface area (Å²) in [6.45, 7) is 21.2. The highest BCUT2D eigenvalue weighted by Crippen LogP contribution is 2.33. The second-order valence-electron chi connectivity index (χ2n) is 7.53. The van der Waals surface area contributed by atoms with Gasteiger partial charge in [0.1, 0.15) is 0 Å². The molecule has 2 heteroatoms. The fourth-order valence-electron chi connectivity index (χ4n) is 3.36. The van der Waals surface area contributed by atoms with Crippen LogP contribution < -0.4 is 0 Å². The number of allylic oxidation sites excluding steroid dienone is 5. The topological polar surface area (TPSA) is 3.24 Å². The predicted octanol–water partition coefficient (Wildman–Crippen LogP) is 8.24. The number of hydrogen-bond donors (Lipinski definition) is 0. The molecule has 0 radical (unpaired) electrons. The number of thiophene rings is 1. The van der Waals surface area contributed by atoms with Crippen molar-refractivity contribution in [2.24, 2.45) is 0 Å². The minimum absolute atomic E-state index is 0.962. The summed E-state index contributed by atoms with van der Waals surface area (Å²) in [5, 5.41) is 0. The fourth-order valence-corrected chi connectivity index (χ4v) is 4.46. The maximum Gasteiger partial charge on any atom is 0.0354 e. The van der Waals surface area contributed by atoms with E-state index in [0.717, 1.165) is 30.8 Å². The highest BCUT2D eigenvalue weighted by Gasteiger charge is 2.09. The van der Waals surface area contributed by atoms with Gasteiger partial charge in [0.2, 0.25) is 0 Å². The van der Waals surface area contributed by atoms with Crippen LogP contribution >= 0.6 is 11.3 Å². The molecule has 2 rings (SSSR count). The molecule has 1 nitrogen and oxygen atoms in total. The van der Waals surface area contributed by atoms with Gasteiger partial charge in [-0.05, 0) is 80.7 Å². The van der Waals surface area contributed by atoms with E-state index in [1.54, 1.807) is 11.3 Å². The fraction of sp³-hybridized carbons (Fsp3) is 0.286. The van der Waals surface area contributed by atoms with Gasteiger partial charge in [-0.15, -0.1) is 11.3 Å². The maximum absolute atomic E-state index is 4.34. The molecule has 2 aromatic rings. The lowest BCUT2D eigenvalue weighted by molar-refractivity contribution is 0.396. The van der Waals surface area contributed by atoms with Gasteiger partial charge in [0.05, 0.1) is 0 Å². The molecule has 0 saturated carbocycles. The maximum atomic E-state index is 4.34. The Hall–Kier alpha value is -2.58. The summed E-state index contributed by atoms with van der Waals surface area (Å²) in [4.78, 5) is 4.74. The van der Waals surface area contributed by atoms with Gasteiger partial charge >= 0.3 is 0 Å². The minimum Gasteiger partial charge on any atom is -0.373 e. The smallest absolute Gasteiger partial charge is 0.0354 e. The quantitative estimate of drug-likeness (QED) is 0.352. The van der Waals surface area contributed by atoms with Crippen molar-refractivity contribution >= 4 is 29.1 Å².